The van der Waals surface area contributed by atoms with Gasteiger partial charge in [0.05, 0.1) is 24.4 Å². The van der Waals surface area contributed by atoms with Crippen LogP contribution in [0, 0.1) is 6.92 Å². The number of ether oxygens (including phenoxy) is 2. The van der Waals surface area contributed by atoms with Crippen LogP contribution in [-0.4, -0.2) is 25.2 Å². The third-order valence-corrected chi connectivity index (χ3v) is 4.32. The summed E-state index contributed by atoms with van der Waals surface area (Å²) in [6.45, 7) is 6.68. The fourth-order valence-electron chi connectivity index (χ4n) is 1.94. The topological polar surface area (TPSA) is 43.4 Å². The normalized spacial score (nSPS) is 10.6. The minimum atomic E-state index is 0.626. The van der Waals surface area contributed by atoms with E-state index in [9.17, 15) is 0 Å². The smallest absolute Gasteiger partial charge is 0.123 e. The Hall–Kier alpha value is -1.59. The summed E-state index contributed by atoms with van der Waals surface area (Å²) in [6, 6.07) is 7.66. The highest BCUT2D eigenvalue weighted by molar-refractivity contribution is 7.11. The van der Waals surface area contributed by atoms with Crippen LogP contribution < -0.4 is 14.8 Å². The van der Waals surface area contributed by atoms with E-state index in [0.29, 0.717) is 6.61 Å². The van der Waals surface area contributed by atoms with E-state index >= 15 is 0 Å². The first-order chi connectivity index (χ1) is 10.2. The maximum absolute atomic E-state index is 5.75. The molecule has 1 heterocycles. The lowest BCUT2D eigenvalue weighted by Gasteiger charge is -2.06. The zero-order chi connectivity index (χ0) is 15.1. The molecule has 0 bridgehead atoms. The van der Waals surface area contributed by atoms with Crippen molar-refractivity contribution in [3.8, 4) is 11.5 Å². The van der Waals surface area contributed by atoms with E-state index in [4.69, 9.17) is 9.47 Å². The molecule has 1 aromatic carbocycles. The molecule has 0 amide bonds. The molecule has 0 saturated carbocycles. The second kappa shape index (κ2) is 8.00. The predicted octanol–water partition coefficient (Wildman–Crippen LogP) is 3.19. The average Bonchev–Trinajstić information content (AvgIpc) is 2.85. The maximum atomic E-state index is 5.75. The van der Waals surface area contributed by atoms with Crippen LogP contribution in [0.3, 0.4) is 0 Å². The Labute approximate surface area is 130 Å². The Kier molecular flexibility index (Phi) is 6.02. The quantitative estimate of drug-likeness (QED) is 0.813. The van der Waals surface area contributed by atoms with E-state index in [-0.39, 0.29) is 0 Å². The van der Waals surface area contributed by atoms with Gasteiger partial charge < -0.3 is 14.8 Å². The Morgan fingerprint density at radius 1 is 1.29 bits per heavy atom. The summed E-state index contributed by atoms with van der Waals surface area (Å²) in [6.07, 6.45) is 0.828. The number of aryl methyl sites for hydroxylation is 1. The lowest BCUT2D eigenvalue weighted by molar-refractivity contribution is 0.318. The van der Waals surface area contributed by atoms with Crippen molar-refractivity contribution in [1.29, 1.82) is 0 Å². The molecule has 0 aliphatic heterocycles. The van der Waals surface area contributed by atoms with Crippen LogP contribution in [-0.2, 0) is 13.0 Å². The summed E-state index contributed by atoms with van der Waals surface area (Å²) in [5.41, 5.74) is 1.12. The molecule has 0 aliphatic carbocycles. The van der Waals surface area contributed by atoms with Gasteiger partial charge in [0, 0.05) is 23.9 Å². The van der Waals surface area contributed by atoms with E-state index in [1.807, 2.05) is 24.3 Å². The van der Waals surface area contributed by atoms with Crippen molar-refractivity contribution in [1.82, 2.24) is 10.3 Å². The molecule has 0 spiro atoms. The van der Waals surface area contributed by atoms with Gasteiger partial charge in [0.2, 0.25) is 0 Å². The van der Waals surface area contributed by atoms with Crippen LogP contribution >= 0.6 is 11.3 Å². The molecule has 21 heavy (non-hydrogen) atoms. The van der Waals surface area contributed by atoms with Crippen molar-refractivity contribution in [2.45, 2.75) is 26.8 Å². The fourth-order valence-corrected chi connectivity index (χ4v) is 2.96. The number of rotatable bonds is 8. The van der Waals surface area contributed by atoms with Gasteiger partial charge in [-0.1, -0.05) is 13.0 Å². The number of nitrogens with zero attached hydrogens (tertiary/aromatic N) is 1. The highest BCUT2D eigenvalue weighted by atomic mass is 32.1. The van der Waals surface area contributed by atoms with Gasteiger partial charge in [-0.3, -0.25) is 0 Å². The zero-order valence-electron chi connectivity index (χ0n) is 12.8. The van der Waals surface area contributed by atoms with Gasteiger partial charge in [-0.25, -0.2) is 4.98 Å². The molecule has 2 aromatic rings. The Morgan fingerprint density at radius 3 is 2.86 bits per heavy atom. The van der Waals surface area contributed by atoms with Crippen molar-refractivity contribution in [3.63, 3.8) is 0 Å². The first kappa shape index (κ1) is 15.8. The molecule has 1 aromatic heterocycles. The molecule has 5 heteroatoms. The van der Waals surface area contributed by atoms with Gasteiger partial charge in [-0.2, -0.15) is 0 Å². The summed E-state index contributed by atoms with van der Waals surface area (Å²) in [5.74, 6) is 1.64. The lowest BCUT2D eigenvalue weighted by atomic mass is 10.3. The second-order valence-corrected chi connectivity index (χ2v) is 5.84. The van der Waals surface area contributed by atoms with Crippen molar-refractivity contribution in [2.24, 2.45) is 0 Å². The SMILES string of the molecule is CCNCc1sc(CCOc2cccc(OC)c2)nc1C. The Morgan fingerprint density at radius 2 is 2.10 bits per heavy atom. The van der Waals surface area contributed by atoms with Gasteiger partial charge in [0.15, 0.2) is 0 Å². The van der Waals surface area contributed by atoms with E-state index in [2.05, 4.69) is 24.1 Å². The van der Waals surface area contributed by atoms with Crippen LogP contribution in [0.1, 0.15) is 22.5 Å². The monoisotopic (exact) mass is 306 g/mol. The Bertz CT molecular complexity index is 569. The van der Waals surface area contributed by atoms with Crippen molar-refractivity contribution < 1.29 is 9.47 Å². The molecule has 114 valence electrons. The number of thiazole rings is 1. The largest absolute Gasteiger partial charge is 0.497 e. The van der Waals surface area contributed by atoms with Crippen LogP contribution in [0.2, 0.25) is 0 Å². The van der Waals surface area contributed by atoms with Crippen LogP contribution in [0.15, 0.2) is 24.3 Å². The van der Waals surface area contributed by atoms with Gasteiger partial charge in [0.1, 0.15) is 11.5 Å². The molecule has 0 atom stereocenters. The van der Waals surface area contributed by atoms with Crippen LogP contribution in [0.25, 0.3) is 0 Å². The van der Waals surface area contributed by atoms with Crippen molar-refractivity contribution >= 4 is 11.3 Å². The second-order valence-electron chi connectivity index (χ2n) is 4.67. The van der Waals surface area contributed by atoms with Gasteiger partial charge in [-0.05, 0) is 25.6 Å². The predicted molar refractivity (Wildman–Crippen MR) is 86.4 cm³/mol. The van der Waals surface area contributed by atoms with Gasteiger partial charge in [-0.15, -0.1) is 11.3 Å². The highest BCUT2D eigenvalue weighted by Gasteiger charge is 2.07. The number of aromatic nitrogens is 1. The summed E-state index contributed by atoms with van der Waals surface area (Å²) in [4.78, 5) is 5.92. The van der Waals surface area contributed by atoms with Gasteiger partial charge >= 0.3 is 0 Å². The lowest BCUT2D eigenvalue weighted by Crippen LogP contribution is -2.11. The van der Waals surface area contributed by atoms with Crippen LogP contribution in [0.4, 0.5) is 0 Å². The van der Waals surface area contributed by atoms with E-state index < -0.39 is 0 Å². The Balaban J connectivity index is 1.85. The standard InChI is InChI=1S/C16H22N2O2S/c1-4-17-11-15-12(2)18-16(21-15)8-9-20-14-7-5-6-13(10-14)19-3/h5-7,10,17H,4,8-9,11H2,1-3H3. The van der Waals surface area contributed by atoms with Crippen molar-refractivity contribution in [2.75, 3.05) is 20.3 Å². The number of hydrogen-bond acceptors (Lipinski definition) is 5. The maximum Gasteiger partial charge on any atom is 0.123 e. The third-order valence-electron chi connectivity index (χ3n) is 3.10. The number of methoxy groups -OCH3 is 1. The molecule has 0 radical (unpaired) electrons. The highest BCUT2D eigenvalue weighted by Crippen LogP contribution is 2.21. The number of benzene rings is 1. The first-order valence-electron chi connectivity index (χ1n) is 7.15. The molecule has 4 nitrogen and oxygen atoms in total. The third kappa shape index (κ3) is 4.72. The molecule has 0 aliphatic rings. The summed E-state index contributed by atoms with van der Waals surface area (Å²) < 4.78 is 10.9. The molecule has 0 fully saturated rings. The number of hydrogen-bond donors (Lipinski definition) is 1. The van der Waals surface area contributed by atoms with Gasteiger partial charge in [0.25, 0.3) is 0 Å². The van der Waals surface area contributed by atoms with Crippen molar-refractivity contribution in [3.05, 3.63) is 39.8 Å². The average molecular weight is 306 g/mol. The first-order valence-corrected chi connectivity index (χ1v) is 7.97. The van der Waals surface area contributed by atoms with Crippen LogP contribution in [0.5, 0.6) is 11.5 Å². The summed E-state index contributed by atoms with van der Waals surface area (Å²) >= 11 is 1.76. The van der Waals surface area contributed by atoms with E-state index in [0.717, 1.165) is 41.7 Å². The number of nitrogens with one attached hydrogen (secondary N) is 1. The minimum Gasteiger partial charge on any atom is -0.497 e. The fraction of sp³-hybridized carbons (Fsp3) is 0.438. The molecular weight excluding hydrogens is 284 g/mol. The van der Waals surface area contributed by atoms with E-state index in [1.54, 1.807) is 18.4 Å². The zero-order valence-corrected chi connectivity index (χ0v) is 13.6. The minimum absolute atomic E-state index is 0.626. The molecule has 2 rings (SSSR count). The molecule has 0 unspecified atom stereocenters. The van der Waals surface area contributed by atoms with E-state index in [1.165, 1.54) is 4.88 Å². The summed E-state index contributed by atoms with van der Waals surface area (Å²) in [7, 11) is 1.66. The molecule has 1 N–H and O–H groups in total. The molecular formula is C16H22N2O2S. The molecule has 0 saturated heterocycles. The summed E-state index contributed by atoms with van der Waals surface area (Å²) in [5, 5.41) is 4.47.